The molecule has 2 aliphatic rings. The Bertz CT molecular complexity index is 1690. The number of piperazine rings is 1. The molecule has 4 heterocycles. The summed E-state index contributed by atoms with van der Waals surface area (Å²) in [5.74, 6) is -0.101. The minimum atomic E-state index is -4.71. The van der Waals surface area contributed by atoms with Crippen LogP contribution in [-0.4, -0.2) is 56.3 Å². The second-order valence-corrected chi connectivity index (χ2v) is 11.8. The highest BCUT2D eigenvalue weighted by molar-refractivity contribution is 7.99. The van der Waals surface area contributed by atoms with Crippen LogP contribution in [0.5, 0.6) is 0 Å². The molecular formula is C32H31F4N5O2S. The highest BCUT2D eigenvalue weighted by Gasteiger charge is 2.39. The van der Waals surface area contributed by atoms with Crippen LogP contribution in [0.4, 0.5) is 23.4 Å². The predicted octanol–water partition coefficient (Wildman–Crippen LogP) is 6.41. The van der Waals surface area contributed by atoms with Crippen LogP contribution in [0.1, 0.15) is 25.8 Å². The van der Waals surface area contributed by atoms with Crippen molar-refractivity contribution < 1.29 is 22.4 Å². The number of aryl methyl sites for hydroxylation is 1. The van der Waals surface area contributed by atoms with Crippen LogP contribution in [-0.2, 0) is 17.5 Å². The van der Waals surface area contributed by atoms with Crippen molar-refractivity contribution in [1.82, 2.24) is 19.4 Å². The van der Waals surface area contributed by atoms with E-state index in [2.05, 4.69) is 16.5 Å². The molecule has 2 aliphatic heterocycles. The van der Waals surface area contributed by atoms with Crippen molar-refractivity contribution in [2.24, 2.45) is 0 Å². The Kier molecular flexibility index (Phi) is 9.10. The molecule has 0 spiro atoms. The van der Waals surface area contributed by atoms with Crippen LogP contribution in [0.2, 0.25) is 0 Å². The first-order chi connectivity index (χ1) is 21.0. The molecule has 0 radical (unpaired) electrons. The summed E-state index contributed by atoms with van der Waals surface area (Å²) in [7, 11) is 0. The number of anilines is 1. The van der Waals surface area contributed by atoms with E-state index in [0.717, 1.165) is 18.2 Å². The number of amides is 1. The number of benzene rings is 2. The fourth-order valence-corrected chi connectivity index (χ4v) is 7.06. The third-order valence-corrected chi connectivity index (χ3v) is 8.80. The van der Waals surface area contributed by atoms with Crippen molar-refractivity contribution >= 4 is 34.4 Å². The molecule has 12 heteroatoms. The second kappa shape index (κ2) is 12.8. The zero-order valence-corrected chi connectivity index (χ0v) is 25.0. The van der Waals surface area contributed by atoms with E-state index >= 15 is 0 Å². The van der Waals surface area contributed by atoms with Crippen molar-refractivity contribution in [1.29, 1.82) is 0 Å². The SMILES string of the molecule is C=CC(=O)N1C(C)CN(c2nc(=O)n3c4c(c(-c5ccc(F)cc5)c(C(F)(F)F)cc24)SCCC3)CC1C.c1ccncc1. The Labute approximate surface area is 256 Å². The molecule has 1 fully saturated rings. The number of carbonyl (C=O) groups is 1. The normalized spacial score (nSPS) is 18.3. The van der Waals surface area contributed by atoms with Crippen LogP contribution < -0.4 is 10.6 Å². The smallest absolute Gasteiger partial charge is 0.352 e. The van der Waals surface area contributed by atoms with Crippen LogP contribution in [0, 0.1) is 5.82 Å². The number of halogens is 4. The van der Waals surface area contributed by atoms with Gasteiger partial charge in [-0.3, -0.25) is 14.3 Å². The van der Waals surface area contributed by atoms with Crippen LogP contribution in [0.25, 0.3) is 22.0 Å². The molecule has 7 nitrogen and oxygen atoms in total. The first kappa shape index (κ1) is 31.2. The summed E-state index contributed by atoms with van der Waals surface area (Å²) in [6, 6.07) is 11.1. The molecule has 0 bridgehead atoms. The quantitative estimate of drug-likeness (QED) is 0.194. The maximum absolute atomic E-state index is 14.6. The van der Waals surface area contributed by atoms with Crippen molar-refractivity contribution in [2.45, 2.75) is 50.0 Å². The van der Waals surface area contributed by atoms with Gasteiger partial charge < -0.3 is 9.80 Å². The van der Waals surface area contributed by atoms with Crippen LogP contribution in [0.3, 0.4) is 0 Å². The van der Waals surface area contributed by atoms with E-state index in [-0.39, 0.29) is 40.3 Å². The lowest BCUT2D eigenvalue weighted by Gasteiger charge is -2.44. The van der Waals surface area contributed by atoms with Gasteiger partial charge in [0.25, 0.3) is 0 Å². The topological polar surface area (TPSA) is 71.3 Å². The van der Waals surface area contributed by atoms with E-state index in [1.54, 1.807) is 22.2 Å². The van der Waals surface area contributed by atoms with E-state index in [1.807, 2.05) is 32.0 Å². The lowest BCUT2D eigenvalue weighted by Crippen LogP contribution is -2.58. The highest BCUT2D eigenvalue weighted by atomic mass is 32.2. The third kappa shape index (κ3) is 6.21. The van der Waals surface area contributed by atoms with Crippen molar-refractivity contribution in [3.63, 3.8) is 0 Å². The molecule has 230 valence electrons. The van der Waals surface area contributed by atoms with Gasteiger partial charge in [-0.05, 0) is 68.0 Å². The lowest BCUT2D eigenvalue weighted by molar-refractivity contribution is -0.137. The van der Waals surface area contributed by atoms with E-state index in [4.69, 9.17) is 0 Å². The number of rotatable bonds is 3. The van der Waals surface area contributed by atoms with Gasteiger partial charge >= 0.3 is 11.9 Å². The first-order valence-electron chi connectivity index (χ1n) is 14.1. The minimum absolute atomic E-state index is 0.0645. The standard InChI is InChI=1S/C27H26F4N4O2S.C5H5N/c1-4-21(36)35-15(2)13-33(14-16(35)3)25-19-12-20(27(29,30)31)22(17-6-8-18(28)9-7-17)24-23(19)34(26(37)32-25)10-5-11-38-24;1-2-4-6-5-3-1/h4,6-9,12,15-16H,1,5,10-11,13-14H2,2-3H3;1-5H. The number of hydrogen-bond donors (Lipinski definition) is 0. The number of hydrogen-bond acceptors (Lipinski definition) is 6. The van der Waals surface area contributed by atoms with Crippen molar-refractivity contribution in [3.8, 4) is 11.1 Å². The number of thioether (sulfide) groups is 1. The van der Waals surface area contributed by atoms with Gasteiger partial charge in [0.2, 0.25) is 5.91 Å². The van der Waals surface area contributed by atoms with E-state index in [0.29, 0.717) is 42.2 Å². The van der Waals surface area contributed by atoms with Crippen LogP contribution in [0.15, 0.2) is 83.3 Å². The lowest BCUT2D eigenvalue weighted by atomic mass is 9.96. The number of nitrogens with zero attached hydrogens (tertiary/aromatic N) is 5. The minimum Gasteiger partial charge on any atom is -0.352 e. The van der Waals surface area contributed by atoms with Gasteiger partial charge in [-0.25, -0.2) is 9.18 Å². The van der Waals surface area contributed by atoms with Crippen molar-refractivity contribution in [2.75, 3.05) is 23.7 Å². The molecular weight excluding hydrogens is 594 g/mol. The van der Waals surface area contributed by atoms with E-state index < -0.39 is 23.2 Å². The maximum atomic E-state index is 14.6. The molecule has 0 N–H and O–H groups in total. The molecule has 2 unspecified atom stereocenters. The number of pyridine rings is 1. The number of carbonyl (C=O) groups excluding carboxylic acids is 1. The molecule has 2 aromatic carbocycles. The third-order valence-electron chi connectivity index (χ3n) is 7.62. The largest absolute Gasteiger partial charge is 0.417 e. The molecule has 44 heavy (non-hydrogen) atoms. The molecule has 1 amide bonds. The van der Waals surface area contributed by atoms with Gasteiger partial charge in [0.05, 0.1) is 11.1 Å². The molecule has 0 saturated carbocycles. The Morgan fingerprint density at radius 2 is 1.73 bits per heavy atom. The zero-order chi connectivity index (χ0) is 31.6. The molecule has 4 aromatic rings. The highest BCUT2D eigenvalue weighted by Crippen LogP contribution is 2.48. The summed E-state index contributed by atoms with van der Waals surface area (Å²) in [6.07, 6.45) is 0.605. The molecule has 2 aromatic heterocycles. The summed E-state index contributed by atoms with van der Waals surface area (Å²) in [4.78, 5) is 37.6. The molecule has 6 rings (SSSR count). The van der Waals surface area contributed by atoms with Crippen LogP contribution >= 0.6 is 11.8 Å². The van der Waals surface area contributed by atoms with Gasteiger partial charge in [0, 0.05) is 60.0 Å². The monoisotopic (exact) mass is 625 g/mol. The molecule has 1 saturated heterocycles. The molecule has 0 aliphatic carbocycles. The average molecular weight is 626 g/mol. The summed E-state index contributed by atoms with van der Waals surface area (Å²) < 4.78 is 58.9. The predicted molar refractivity (Wildman–Crippen MR) is 164 cm³/mol. The summed E-state index contributed by atoms with van der Waals surface area (Å²) in [5.41, 5.74) is -0.840. The summed E-state index contributed by atoms with van der Waals surface area (Å²) in [5, 5.41) is 0.232. The van der Waals surface area contributed by atoms with Gasteiger partial charge in [0.1, 0.15) is 11.6 Å². The van der Waals surface area contributed by atoms with Gasteiger partial charge in [0.15, 0.2) is 0 Å². The second-order valence-electron chi connectivity index (χ2n) is 10.7. The zero-order valence-electron chi connectivity index (χ0n) is 24.2. The first-order valence-corrected chi connectivity index (χ1v) is 15.1. The molecule has 2 atom stereocenters. The number of alkyl halides is 3. The van der Waals surface area contributed by atoms with Gasteiger partial charge in [-0.1, -0.05) is 24.8 Å². The van der Waals surface area contributed by atoms with Gasteiger partial charge in [-0.2, -0.15) is 18.2 Å². The summed E-state index contributed by atoms with van der Waals surface area (Å²) >= 11 is 1.27. The average Bonchev–Trinajstić information content (AvgIpc) is 3.23. The van der Waals surface area contributed by atoms with Gasteiger partial charge in [-0.15, -0.1) is 11.8 Å². The number of aromatic nitrogens is 3. The Morgan fingerprint density at radius 3 is 2.27 bits per heavy atom. The van der Waals surface area contributed by atoms with E-state index in [1.165, 1.54) is 34.5 Å². The fraction of sp³-hybridized carbons (Fsp3) is 0.312. The Morgan fingerprint density at radius 1 is 1.07 bits per heavy atom. The fourth-order valence-electron chi connectivity index (χ4n) is 5.85. The van der Waals surface area contributed by atoms with E-state index in [9.17, 15) is 27.2 Å². The van der Waals surface area contributed by atoms with Crippen molar-refractivity contribution in [3.05, 3.63) is 95.4 Å². The Hall–Kier alpha value is -4.19. The summed E-state index contributed by atoms with van der Waals surface area (Å²) in [6.45, 7) is 8.15. The maximum Gasteiger partial charge on any atom is 0.417 e. The Balaban J connectivity index is 0.000000573.